The summed E-state index contributed by atoms with van der Waals surface area (Å²) in [6, 6.07) is 0. The van der Waals surface area contributed by atoms with Crippen molar-refractivity contribution in [2.45, 2.75) is 29.9 Å². The second-order valence-electron chi connectivity index (χ2n) is 3.58. The predicted molar refractivity (Wildman–Crippen MR) is 83.5 cm³/mol. The predicted octanol–water partition coefficient (Wildman–Crippen LogP) is 2.27. The van der Waals surface area contributed by atoms with Crippen molar-refractivity contribution in [1.82, 2.24) is 10.2 Å². The van der Waals surface area contributed by atoms with Gasteiger partial charge in [0.25, 0.3) is 0 Å². The maximum absolute atomic E-state index is 12.1. The standard InChI is InChI=1S/C11H17N3O3S3/c1-4-7(19-6-8(15)17-3)9(16)12-10-13-14-11(20-10)18-5-2/h7H,4-6H2,1-3H3,(H,12,13,16)/t7-/m0/s1. The summed E-state index contributed by atoms with van der Waals surface area (Å²) in [5.41, 5.74) is 0. The van der Waals surface area contributed by atoms with Crippen LogP contribution in [0, 0.1) is 0 Å². The van der Waals surface area contributed by atoms with Gasteiger partial charge in [-0.05, 0) is 12.2 Å². The van der Waals surface area contributed by atoms with E-state index in [2.05, 4.69) is 20.3 Å². The second-order valence-corrected chi connectivity index (χ2v) is 7.26. The van der Waals surface area contributed by atoms with Crippen molar-refractivity contribution in [1.29, 1.82) is 0 Å². The third-order valence-electron chi connectivity index (χ3n) is 2.20. The van der Waals surface area contributed by atoms with Crippen molar-refractivity contribution in [2.24, 2.45) is 0 Å². The van der Waals surface area contributed by atoms with Gasteiger partial charge in [-0.15, -0.1) is 22.0 Å². The number of methoxy groups -OCH3 is 1. The molecule has 6 nitrogen and oxygen atoms in total. The highest BCUT2D eigenvalue weighted by Crippen LogP contribution is 2.26. The van der Waals surface area contributed by atoms with Crippen LogP contribution in [0.3, 0.4) is 0 Å². The Labute approximate surface area is 130 Å². The summed E-state index contributed by atoms with van der Waals surface area (Å²) >= 11 is 4.20. The second kappa shape index (κ2) is 9.19. The summed E-state index contributed by atoms with van der Waals surface area (Å²) in [7, 11) is 1.33. The number of thioether (sulfide) groups is 2. The number of ether oxygens (including phenoxy) is 1. The van der Waals surface area contributed by atoms with Gasteiger partial charge in [-0.1, -0.05) is 36.9 Å². The van der Waals surface area contributed by atoms with Crippen molar-refractivity contribution in [3.63, 3.8) is 0 Å². The number of nitrogens with zero attached hydrogens (tertiary/aromatic N) is 2. The fourth-order valence-corrected chi connectivity index (χ4v) is 3.79. The van der Waals surface area contributed by atoms with Crippen LogP contribution in [-0.4, -0.2) is 45.9 Å². The highest BCUT2D eigenvalue weighted by atomic mass is 32.2. The number of anilines is 1. The van der Waals surface area contributed by atoms with E-state index in [1.54, 1.807) is 11.8 Å². The van der Waals surface area contributed by atoms with E-state index in [-0.39, 0.29) is 22.9 Å². The summed E-state index contributed by atoms with van der Waals surface area (Å²) < 4.78 is 5.39. The number of hydrogen-bond donors (Lipinski definition) is 1. The molecule has 112 valence electrons. The molecule has 1 heterocycles. The van der Waals surface area contributed by atoms with Crippen LogP contribution in [0.25, 0.3) is 0 Å². The molecule has 1 amide bonds. The van der Waals surface area contributed by atoms with Crippen molar-refractivity contribution in [3.8, 4) is 0 Å². The first kappa shape index (κ1) is 17.3. The Morgan fingerprint density at radius 2 is 2.15 bits per heavy atom. The van der Waals surface area contributed by atoms with Crippen LogP contribution < -0.4 is 5.32 Å². The molecule has 0 unspecified atom stereocenters. The first-order valence-corrected chi connectivity index (χ1v) is 8.91. The molecule has 9 heteroatoms. The van der Waals surface area contributed by atoms with Crippen LogP contribution in [0.15, 0.2) is 4.34 Å². The van der Waals surface area contributed by atoms with Gasteiger partial charge in [0.15, 0.2) is 4.34 Å². The molecule has 20 heavy (non-hydrogen) atoms. The SMILES string of the molecule is CCSc1nnc(NC(=O)[C@H](CC)SCC(=O)OC)s1. The van der Waals surface area contributed by atoms with E-state index in [1.807, 2.05) is 13.8 Å². The van der Waals surface area contributed by atoms with Gasteiger partial charge in [0.2, 0.25) is 11.0 Å². The molecule has 0 fully saturated rings. The third-order valence-corrected chi connectivity index (χ3v) is 5.40. The normalized spacial score (nSPS) is 11.9. The van der Waals surface area contributed by atoms with Gasteiger partial charge >= 0.3 is 5.97 Å². The van der Waals surface area contributed by atoms with Gasteiger partial charge < -0.3 is 4.74 Å². The van der Waals surface area contributed by atoms with Crippen LogP contribution >= 0.6 is 34.9 Å². The van der Waals surface area contributed by atoms with E-state index in [1.165, 1.54) is 30.2 Å². The monoisotopic (exact) mass is 335 g/mol. The fourth-order valence-electron chi connectivity index (χ4n) is 1.23. The lowest BCUT2D eigenvalue weighted by Crippen LogP contribution is -2.25. The summed E-state index contributed by atoms with van der Waals surface area (Å²) in [5.74, 6) is 0.578. The van der Waals surface area contributed by atoms with Gasteiger partial charge in [-0.3, -0.25) is 14.9 Å². The number of rotatable bonds is 8. The average Bonchev–Trinajstić information content (AvgIpc) is 2.86. The van der Waals surface area contributed by atoms with E-state index >= 15 is 0 Å². The number of aromatic nitrogens is 2. The molecule has 0 spiro atoms. The van der Waals surface area contributed by atoms with E-state index in [9.17, 15) is 9.59 Å². The molecule has 1 N–H and O–H groups in total. The first-order chi connectivity index (χ1) is 9.60. The Kier molecular flexibility index (Phi) is 7.93. The van der Waals surface area contributed by atoms with Crippen LogP contribution in [0.1, 0.15) is 20.3 Å². The van der Waals surface area contributed by atoms with E-state index in [4.69, 9.17) is 0 Å². The highest BCUT2D eigenvalue weighted by molar-refractivity contribution is 8.01. The molecule has 1 aromatic heterocycles. The Morgan fingerprint density at radius 1 is 1.40 bits per heavy atom. The summed E-state index contributed by atoms with van der Waals surface area (Å²) in [4.78, 5) is 23.2. The van der Waals surface area contributed by atoms with Gasteiger partial charge in [-0.2, -0.15) is 0 Å². The highest BCUT2D eigenvalue weighted by Gasteiger charge is 2.20. The van der Waals surface area contributed by atoms with E-state index < -0.39 is 0 Å². The van der Waals surface area contributed by atoms with Crippen LogP contribution in [-0.2, 0) is 14.3 Å². The van der Waals surface area contributed by atoms with Crippen molar-refractivity contribution in [2.75, 3.05) is 23.9 Å². The molecular formula is C11H17N3O3S3. The van der Waals surface area contributed by atoms with Gasteiger partial charge in [0, 0.05) is 0 Å². The molecule has 0 bridgehead atoms. The maximum atomic E-state index is 12.1. The maximum Gasteiger partial charge on any atom is 0.315 e. The Morgan fingerprint density at radius 3 is 2.75 bits per heavy atom. The van der Waals surface area contributed by atoms with Crippen molar-refractivity contribution >= 4 is 51.9 Å². The minimum absolute atomic E-state index is 0.161. The van der Waals surface area contributed by atoms with Crippen LogP contribution in [0.2, 0.25) is 0 Å². The smallest absolute Gasteiger partial charge is 0.315 e. The first-order valence-electron chi connectivity index (χ1n) is 6.06. The molecule has 0 radical (unpaired) electrons. The summed E-state index contributed by atoms with van der Waals surface area (Å²) in [6.45, 7) is 3.92. The Balaban J connectivity index is 2.51. The zero-order valence-corrected chi connectivity index (χ0v) is 14.0. The summed E-state index contributed by atoms with van der Waals surface area (Å²) in [6.07, 6.45) is 0.628. The number of carbonyl (C=O) groups excluding carboxylic acids is 2. The number of nitrogens with one attached hydrogen (secondary N) is 1. The van der Waals surface area contributed by atoms with Gasteiger partial charge in [0.05, 0.1) is 18.1 Å². The molecular weight excluding hydrogens is 318 g/mol. The summed E-state index contributed by atoms with van der Waals surface area (Å²) in [5, 5.41) is 10.8. The van der Waals surface area contributed by atoms with E-state index in [0.29, 0.717) is 11.6 Å². The Hall–Kier alpha value is -0.800. The molecule has 1 aromatic rings. The number of hydrogen-bond acceptors (Lipinski definition) is 8. The molecule has 0 aliphatic carbocycles. The molecule has 0 aromatic carbocycles. The zero-order valence-electron chi connectivity index (χ0n) is 11.5. The lowest BCUT2D eigenvalue weighted by molar-refractivity contribution is -0.137. The molecule has 0 aliphatic rings. The van der Waals surface area contributed by atoms with Crippen LogP contribution in [0.5, 0.6) is 0 Å². The quantitative estimate of drug-likeness (QED) is 0.443. The van der Waals surface area contributed by atoms with Crippen molar-refractivity contribution in [3.05, 3.63) is 0 Å². The van der Waals surface area contributed by atoms with Gasteiger partial charge in [0.1, 0.15) is 0 Å². The minimum Gasteiger partial charge on any atom is -0.468 e. The molecule has 1 atom stereocenters. The lowest BCUT2D eigenvalue weighted by atomic mass is 10.3. The fraction of sp³-hybridized carbons (Fsp3) is 0.636. The Bertz CT molecular complexity index is 453. The molecule has 0 saturated heterocycles. The van der Waals surface area contributed by atoms with E-state index in [0.717, 1.165) is 10.1 Å². The zero-order chi connectivity index (χ0) is 15.0. The lowest BCUT2D eigenvalue weighted by Gasteiger charge is -2.12. The van der Waals surface area contributed by atoms with Crippen LogP contribution in [0.4, 0.5) is 5.13 Å². The van der Waals surface area contributed by atoms with Gasteiger partial charge in [-0.25, -0.2) is 0 Å². The molecule has 1 rings (SSSR count). The van der Waals surface area contributed by atoms with Crippen molar-refractivity contribution < 1.29 is 14.3 Å². The average molecular weight is 335 g/mol. The topological polar surface area (TPSA) is 81.2 Å². The molecule has 0 aliphatic heterocycles. The number of esters is 1. The minimum atomic E-state index is -0.334. The largest absolute Gasteiger partial charge is 0.468 e. The number of carbonyl (C=O) groups is 2. The molecule has 0 saturated carbocycles. The third kappa shape index (κ3) is 5.68. The number of amides is 1.